The third-order valence-corrected chi connectivity index (χ3v) is 1.10. The Labute approximate surface area is 69.4 Å². The highest BCUT2D eigenvalue weighted by atomic mass is 15.1. The summed E-state index contributed by atoms with van der Waals surface area (Å²) in [6.45, 7) is 0.328. The van der Waals surface area contributed by atoms with Crippen LogP contribution in [0, 0.1) is 0 Å². The van der Waals surface area contributed by atoms with Gasteiger partial charge in [0.2, 0.25) is 0 Å². The molecular weight excluding hydrogens is 154 g/mol. The Morgan fingerprint density at radius 2 is 2.25 bits per heavy atom. The van der Waals surface area contributed by atoms with Crippen LogP contribution in [0.1, 0.15) is 5.82 Å². The summed E-state index contributed by atoms with van der Waals surface area (Å²) in [4.78, 5) is 10.5. The molecule has 5 nitrogen and oxygen atoms in total. The summed E-state index contributed by atoms with van der Waals surface area (Å²) in [5, 5.41) is 3.33. The predicted octanol–water partition coefficient (Wildman–Crippen LogP) is 1.80. The highest BCUT2D eigenvalue weighted by molar-refractivity contribution is 5.38. The lowest BCUT2D eigenvalue weighted by atomic mass is 10.4. The van der Waals surface area contributed by atoms with Crippen molar-refractivity contribution < 1.29 is 0 Å². The van der Waals surface area contributed by atoms with Gasteiger partial charge in [0.25, 0.3) is 0 Å². The van der Waals surface area contributed by atoms with Crippen LogP contribution in [-0.2, 0) is 0 Å². The van der Waals surface area contributed by atoms with Gasteiger partial charge in [0.05, 0.1) is 0 Å². The second kappa shape index (κ2) is 4.87. The zero-order valence-corrected chi connectivity index (χ0v) is 6.33. The average Bonchev–Trinajstić information content (AvgIpc) is 2.14. The van der Waals surface area contributed by atoms with Crippen LogP contribution in [0.15, 0.2) is 29.7 Å². The first-order valence-corrected chi connectivity index (χ1v) is 3.38. The molecule has 5 heteroatoms. The van der Waals surface area contributed by atoms with Gasteiger partial charge < -0.3 is 0 Å². The fraction of sp³-hybridized carbons (Fsp3) is 0.143. The molecule has 1 aromatic heterocycles. The van der Waals surface area contributed by atoms with Gasteiger partial charge in [-0.1, -0.05) is 11.2 Å². The normalized spacial score (nSPS) is 9.67. The molecule has 0 unspecified atom stereocenters. The first-order chi connectivity index (χ1) is 5.93. The fourth-order valence-electron chi connectivity index (χ4n) is 0.638. The summed E-state index contributed by atoms with van der Waals surface area (Å²) in [7, 11) is 0. The minimum atomic E-state index is 0.328. The molecule has 0 N–H and O–H groups in total. The van der Waals surface area contributed by atoms with Crippen LogP contribution in [0.2, 0.25) is 0 Å². The largest absolute Gasteiger partial charge is 0.237 e. The van der Waals surface area contributed by atoms with Gasteiger partial charge >= 0.3 is 0 Å². The summed E-state index contributed by atoms with van der Waals surface area (Å²) < 4.78 is 0. The van der Waals surface area contributed by atoms with Crippen molar-refractivity contribution in [1.82, 2.24) is 9.97 Å². The summed E-state index contributed by atoms with van der Waals surface area (Å²) in [6.07, 6.45) is 6.71. The Balaban J connectivity index is 2.52. The molecule has 0 aliphatic heterocycles. The zero-order valence-electron chi connectivity index (χ0n) is 6.33. The predicted molar refractivity (Wildman–Crippen MR) is 45.1 cm³/mol. The van der Waals surface area contributed by atoms with Crippen molar-refractivity contribution in [3.63, 3.8) is 0 Å². The van der Waals surface area contributed by atoms with Crippen molar-refractivity contribution in [2.75, 3.05) is 6.54 Å². The van der Waals surface area contributed by atoms with E-state index in [1.165, 1.54) is 0 Å². The monoisotopic (exact) mass is 161 g/mol. The Morgan fingerprint density at radius 1 is 1.50 bits per heavy atom. The maximum Gasteiger partial charge on any atom is 0.151 e. The Hall–Kier alpha value is -1.87. The number of nitrogens with zero attached hydrogens (tertiary/aromatic N) is 5. The van der Waals surface area contributed by atoms with E-state index in [0.29, 0.717) is 12.4 Å². The smallest absolute Gasteiger partial charge is 0.151 e. The molecule has 0 saturated heterocycles. The van der Waals surface area contributed by atoms with Crippen molar-refractivity contribution in [3.8, 4) is 0 Å². The topological polar surface area (TPSA) is 74.5 Å². The van der Waals surface area contributed by atoms with Crippen LogP contribution in [0.3, 0.4) is 0 Å². The maximum absolute atomic E-state index is 7.96. The van der Waals surface area contributed by atoms with Crippen LogP contribution < -0.4 is 0 Å². The molecule has 1 heterocycles. The zero-order chi connectivity index (χ0) is 8.65. The van der Waals surface area contributed by atoms with Gasteiger partial charge in [-0.05, 0) is 17.7 Å². The van der Waals surface area contributed by atoms with Gasteiger partial charge in [-0.15, -0.1) is 0 Å². The quantitative estimate of drug-likeness (QED) is 0.385. The highest BCUT2D eigenvalue weighted by Gasteiger charge is 1.83. The van der Waals surface area contributed by atoms with E-state index in [1.807, 2.05) is 0 Å². The molecule has 0 aromatic carbocycles. The van der Waals surface area contributed by atoms with E-state index < -0.39 is 0 Å². The number of hydrogen-bond donors (Lipinski definition) is 0. The summed E-state index contributed by atoms with van der Waals surface area (Å²) in [5.74, 6) is 0.616. The van der Waals surface area contributed by atoms with E-state index in [4.69, 9.17) is 5.53 Å². The van der Waals surface area contributed by atoms with Gasteiger partial charge in [0, 0.05) is 23.9 Å². The van der Waals surface area contributed by atoms with E-state index in [0.717, 1.165) is 0 Å². The summed E-state index contributed by atoms with van der Waals surface area (Å²) in [5.41, 5.74) is 7.96. The van der Waals surface area contributed by atoms with E-state index in [-0.39, 0.29) is 0 Å². The highest BCUT2D eigenvalue weighted by Crippen LogP contribution is 1.90. The number of azide groups is 1. The molecule has 0 aliphatic rings. The van der Waals surface area contributed by atoms with E-state index in [9.17, 15) is 0 Å². The van der Waals surface area contributed by atoms with Crippen molar-refractivity contribution in [2.24, 2.45) is 5.11 Å². The minimum Gasteiger partial charge on any atom is -0.237 e. The Kier molecular flexibility index (Phi) is 3.34. The van der Waals surface area contributed by atoms with Crippen molar-refractivity contribution >= 4 is 6.08 Å². The van der Waals surface area contributed by atoms with Crippen LogP contribution >= 0.6 is 0 Å². The molecule has 0 atom stereocenters. The van der Waals surface area contributed by atoms with Crippen molar-refractivity contribution in [2.45, 2.75) is 0 Å². The standard InChI is InChI=1S/C7H7N5/c8-12-11-6-1-3-7-9-4-2-5-10-7/h1-5H,6H2. The number of rotatable bonds is 3. The second-order valence-corrected chi connectivity index (χ2v) is 1.92. The van der Waals surface area contributed by atoms with Crippen LogP contribution in [0.5, 0.6) is 0 Å². The molecule has 0 spiro atoms. The van der Waals surface area contributed by atoms with Gasteiger partial charge in [0.1, 0.15) is 0 Å². The van der Waals surface area contributed by atoms with Crippen molar-refractivity contribution in [3.05, 3.63) is 40.8 Å². The van der Waals surface area contributed by atoms with E-state index in [1.54, 1.807) is 30.6 Å². The summed E-state index contributed by atoms with van der Waals surface area (Å²) in [6, 6.07) is 1.74. The third kappa shape index (κ3) is 2.81. The molecule has 12 heavy (non-hydrogen) atoms. The third-order valence-electron chi connectivity index (χ3n) is 1.10. The molecule has 60 valence electrons. The Morgan fingerprint density at radius 3 is 2.92 bits per heavy atom. The van der Waals surface area contributed by atoms with Crippen LogP contribution in [0.25, 0.3) is 16.5 Å². The molecule has 0 bridgehead atoms. The minimum absolute atomic E-state index is 0.328. The lowest BCUT2D eigenvalue weighted by Crippen LogP contribution is -1.83. The SMILES string of the molecule is [N-]=[N+]=NCC=Cc1ncccn1. The molecule has 0 radical (unpaired) electrons. The van der Waals surface area contributed by atoms with Crippen LogP contribution in [0.4, 0.5) is 0 Å². The second-order valence-electron chi connectivity index (χ2n) is 1.92. The first-order valence-electron chi connectivity index (χ1n) is 3.38. The Bertz CT molecular complexity index is 299. The molecule has 0 fully saturated rings. The number of aromatic nitrogens is 2. The molecule has 0 saturated carbocycles. The maximum atomic E-state index is 7.96. The molecule has 0 amide bonds. The van der Waals surface area contributed by atoms with Gasteiger partial charge in [0.15, 0.2) is 5.82 Å². The van der Waals surface area contributed by atoms with Gasteiger partial charge in [-0.3, -0.25) is 0 Å². The molecule has 1 rings (SSSR count). The fourth-order valence-corrected chi connectivity index (χ4v) is 0.638. The number of hydrogen-bond acceptors (Lipinski definition) is 3. The first kappa shape index (κ1) is 8.23. The average molecular weight is 161 g/mol. The lowest BCUT2D eigenvalue weighted by molar-refractivity contribution is 1.13. The van der Waals surface area contributed by atoms with Gasteiger partial charge in [-0.2, -0.15) is 0 Å². The van der Waals surface area contributed by atoms with E-state index in [2.05, 4.69) is 20.0 Å². The summed E-state index contributed by atoms with van der Waals surface area (Å²) >= 11 is 0. The van der Waals surface area contributed by atoms with Crippen molar-refractivity contribution in [1.29, 1.82) is 0 Å². The van der Waals surface area contributed by atoms with Crippen LogP contribution in [-0.4, -0.2) is 16.5 Å². The van der Waals surface area contributed by atoms with Gasteiger partial charge in [-0.25, -0.2) is 9.97 Å². The molecular formula is C7H7N5. The molecule has 0 aliphatic carbocycles. The van der Waals surface area contributed by atoms with E-state index >= 15 is 0 Å². The molecule has 1 aromatic rings. The lowest BCUT2D eigenvalue weighted by Gasteiger charge is -1.86.